The van der Waals surface area contributed by atoms with Crippen LogP contribution in [0, 0.1) is 11.8 Å². The number of carboxylic acids is 1. The lowest BCUT2D eigenvalue weighted by molar-refractivity contribution is -0.142. The van der Waals surface area contributed by atoms with E-state index in [-0.39, 0.29) is 43.6 Å². The van der Waals surface area contributed by atoms with E-state index in [2.05, 4.69) is 34.9 Å². The summed E-state index contributed by atoms with van der Waals surface area (Å²) in [5.74, 6) is -2.15. The first kappa shape index (κ1) is 23.4. The number of hydrogen-bond acceptors (Lipinski definition) is 5. The second kappa shape index (κ2) is 10.1. The third kappa shape index (κ3) is 4.89. The van der Waals surface area contributed by atoms with Crippen molar-refractivity contribution in [2.24, 2.45) is 11.8 Å². The lowest BCUT2D eigenvalue weighted by atomic mass is 9.85. The summed E-state index contributed by atoms with van der Waals surface area (Å²) in [6.07, 6.45) is 2.31. The van der Waals surface area contributed by atoms with Crippen molar-refractivity contribution in [3.05, 3.63) is 59.7 Å². The fourth-order valence-electron chi connectivity index (χ4n) is 5.61. The first-order valence-corrected chi connectivity index (χ1v) is 12.2. The van der Waals surface area contributed by atoms with Crippen LogP contribution in [0.25, 0.3) is 11.1 Å². The number of alkyl carbamates (subject to hydrolysis) is 1. The normalized spacial score (nSPS) is 25.4. The Hall–Kier alpha value is -3.39. The molecule has 0 spiro atoms. The maximum absolute atomic E-state index is 12.8. The zero-order valence-corrected chi connectivity index (χ0v) is 19.4. The number of carbonyl (C=O) groups is 3. The van der Waals surface area contributed by atoms with Crippen molar-refractivity contribution in [2.45, 2.75) is 43.7 Å². The van der Waals surface area contributed by atoms with E-state index in [9.17, 15) is 19.5 Å². The summed E-state index contributed by atoms with van der Waals surface area (Å²) >= 11 is 0. The molecule has 2 amide bonds. The van der Waals surface area contributed by atoms with Crippen LogP contribution in [-0.4, -0.2) is 55.0 Å². The summed E-state index contributed by atoms with van der Waals surface area (Å²) in [6.45, 7) is 0.558. The molecule has 0 aromatic heterocycles. The van der Waals surface area contributed by atoms with E-state index in [1.165, 1.54) is 11.1 Å². The summed E-state index contributed by atoms with van der Waals surface area (Å²) in [5, 5.41) is 15.1. The Morgan fingerprint density at radius 2 is 1.63 bits per heavy atom. The molecule has 8 nitrogen and oxygen atoms in total. The monoisotopic (exact) mass is 478 g/mol. The van der Waals surface area contributed by atoms with Crippen LogP contribution in [0.1, 0.15) is 42.7 Å². The summed E-state index contributed by atoms with van der Waals surface area (Å²) in [4.78, 5) is 36.8. The average molecular weight is 479 g/mol. The maximum Gasteiger partial charge on any atom is 0.407 e. The van der Waals surface area contributed by atoms with Crippen LogP contribution in [0.4, 0.5) is 4.79 Å². The fourth-order valence-corrected chi connectivity index (χ4v) is 5.61. The Morgan fingerprint density at radius 1 is 0.943 bits per heavy atom. The Morgan fingerprint density at radius 3 is 2.31 bits per heavy atom. The highest BCUT2D eigenvalue weighted by atomic mass is 16.5. The highest BCUT2D eigenvalue weighted by molar-refractivity contribution is 5.81. The van der Waals surface area contributed by atoms with Crippen LogP contribution in [0.3, 0.4) is 0 Å². The van der Waals surface area contributed by atoms with Crippen LogP contribution in [0.15, 0.2) is 48.5 Å². The van der Waals surface area contributed by atoms with Gasteiger partial charge in [-0.3, -0.25) is 9.59 Å². The number of aliphatic carboxylic acids is 1. The zero-order chi connectivity index (χ0) is 24.4. The molecular weight excluding hydrogens is 448 g/mol. The van der Waals surface area contributed by atoms with Gasteiger partial charge in [-0.1, -0.05) is 55.0 Å². The van der Waals surface area contributed by atoms with E-state index in [1.54, 1.807) is 0 Å². The first-order valence-electron chi connectivity index (χ1n) is 12.2. The molecule has 1 aliphatic heterocycles. The number of benzene rings is 2. The van der Waals surface area contributed by atoms with Crippen molar-refractivity contribution in [1.82, 2.24) is 10.6 Å². The van der Waals surface area contributed by atoms with Crippen molar-refractivity contribution in [1.29, 1.82) is 0 Å². The molecule has 35 heavy (non-hydrogen) atoms. The molecule has 0 bridgehead atoms. The van der Waals surface area contributed by atoms with Gasteiger partial charge in [0, 0.05) is 17.9 Å². The summed E-state index contributed by atoms with van der Waals surface area (Å²) < 4.78 is 10.9. The van der Waals surface area contributed by atoms with E-state index in [0.29, 0.717) is 12.8 Å². The summed E-state index contributed by atoms with van der Waals surface area (Å²) in [6, 6.07) is 15.7. The van der Waals surface area contributed by atoms with Gasteiger partial charge in [-0.2, -0.15) is 0 Å². The topological polar surface area (TPSA) is 114 Å². The standard InChI is InChI=1S/C27H30N2O6/c30-25(29-24-15-34-13-23(24)26(31)32)16-6-5-7-17(12-16)28-27(33)35-14-22-20-10-3-1-8-18(20)19-9-2-4-11-21(19)22/h1-4,8-11,16-17,22-24H,5-7,12-15H2,(H,28,33)(H,29,30)(H,31,32)/t16-,17+,23?,24?/m1/s1. The first-order chi connectivity index (χ1) is 17.0. The Kier molecular flexibility index (Phi) is 6.72. The van der Waals surface area contributed by atoms with E-state index < -0.39 is 24.0 Å². The van der Waals surface area contributed by atoms with Crippen molar-refractivity contribution < 1.29 is 29.0 Å². The molecule has 2 unspecified atom stereocenters. The number of ether oxygens (including phenoxy) is 2. The predicted octanol–water partition coefficient (Wildman–Crippen LogP) is 3.30. The molecule has 2 aromatic carbocycles. The van der Waals surface area contributed by atoms with E-state index in [1.807, 2.05) is 24.3 Å². The molecule has 1 saturated carbocycles. The third-order valence-corrected chi connectivity index (χ3v) is 7.44. The number of rotatable bonds is 6. The summed E-state index contributed by atoms with van der Waals surface area (Å²) in [5.41, 5.74) is 4.67. The van der Waals surface area contributed by atoms with Crippen LogP contribution in [0.5, 0.6) is 0 Å². The molecule has 1 heterocycles. The second-order valence-electron chi connectivity index (χ2n) is 9.63. The van der Waals surface area contributed by atoms with E-state index >= 15 is 0 Å². The SMILES string of the molecule is O=C(N[C@H]1CCC[C@@H](C(=O)NC2COCC2C(=O)O)C1)OCC1c2ccccc2-c2ccccc21. The minimum atomic E-state index is -0.966. The molecule has 2 aromatic rings. The lowest BCUT2D eigenvalue weighted by Gasteiger charge is -2.30. The zero-order valence-electron chi connectivity index (χ0n) is 19.4. The fraction of sp³-hybridized carbons (Fsp3) is 0.444. The molecule has 3 N–H and O–H groups in total. The quantitative estimate of drug-likeness (QED) is 0.587. The van der Waals surface area contributed by atoms with Gasteiger partial charge in [0.2, 0.25) is 5.91 Å². The second-order valence-corrected chi connectivity index (χ2v) is 9.63. The number of fused-ring (bicyclic) bond motifs is 3. The number of carbonyl (C=O) groups excluding carboxylic acids is 2. The van der Waals surface area contributed by atoms with Gasteiger partial charge >= 0.3 is 12.1 Å². The van der Waals surface area contributed by atoms with Gasteiger partial charge in [0.05, 0.1) is 19.3 Å². The molecule has 184 valence electrons. The highest BCUT2D eigenvalue weighted by Gasteiger charge is 2.37. The smallest absolute Gasteiger partial charge is 0.407 e. The summed E-state index contributed by atoms with van der Waals surface area (Å²) in [7, 11) is 0. The Bertz CT molecular complexity index is 1070. The van der Waals surface area contributed by atoms with Gasteiger partial charge in [-0.15, -0.1) is 0 Å². The molecule has 5 rings (SSSR count). The van der Waals surface area contributed by atoms with Crippen molar-refractivity contribution in [3.8, 4) is 11.1 Å². The Balaban J connectivity index is 1.14. The van der Waals surface area contributed by atoms with Crippen molar-refractivity contribution in [3.63, 3.8) is 0 Å². The maximum atomic E-state index is 12.8. The van der Waals surface area contributed by atoms with Gasteiger partial charge in [0.15, 0.2) is 0 Å². The molecule has 8 heteroatoms. The molecule has 4 atom stereocenters. The molecular formula is C27H30N2O6. The van der Waals surface area contributed by atoms with Crippen LogP contribution in [0.2, 0.25) is 0 Å². The van der Waals surface area contributed by atoms with Crippen molar-refractivity contribution >= 4 is 18.0 Å². The predicted molar refractivity (Wildman–Crippen MR) is 128 cm³/mol. The molecule has 2 aliphatic carbocycles. The number of nitrogens with one attached hydrogen (secondary N) is 2. The minimum Gasteiger partial charge on any atom is -0.481 e. The number of carboxylic acid groups (broad SMARTS) is 1. The molecule has 0 radical (unpaired) electrons. The van der Waals surface area contributed by atoms with Gasteiger partial charge in [0.25, 0.3) is 0 Å². The highest BCUT2D eigenvalue weighted by Crippen LogP contribution is 2.44. The average Bonchev–Trinajstić information content (AvgIpc) is 3.45. The lowest BCUT2D eigenvalue weighted by Crippen LogP contribution is -2.48. The number of amides is 2. The van der Waals surface area contributed by atoms with Gasteiger partial charge in [0.1, 0.15) is 12.5 Å². The van der Waals surface area contributed by atoms with E-state index in [0.717, 1.165) is 24.0 Å². The van der Waals surface area contributed by atoms with Crippen molar-refractivity contribution in [2.75, 3.05) is 19.8 Å². The van der Waals surface area contributed by atoms with Gasteiger partial charge in [-0.25, -0.2) is 4.79 Å². The van der Waals surface area contributed by atoms with Crippen LogP contribution < -0.4 is 10.6 Å². The molecule has 2 fully saturated rings. The van der Waals surface area contributed by atoms with Crippen LogP contribution in [-0.2, 0) is 19.1 Å². The minimum absolute atomic E-state index is 0.00570. The third-order valence-electron chi connectivity index (χ3n) is 7.44. The van der Waals surface area contributed by atoms with Gasteiger partial charge < -0.3 is 25.2 Å². The Labute approximate surface area is 204 Å². The molecule has 1 saturated heterocycles. The largest absolute Gasteiger partial charge is 0.481 e. The van der Waals surface area contributed by atoms with Crippen LogP contribution >= 0.6 is 0 Å². The molecule has 3 aliphatic rings. The van der Waals surface area contributed by atoms with Gasteiger partial charge in [-0.05, 0) is 41.5 Å². The van der Waals surface area contributed by atoms with E-state index in [4.69, 9.17) is 9.47 Å². The number of hydrogen-bond donors (Lipinski definition) is 3.